The number of anilines is 3. The van der Waals surface area contributed by atoms with Crippen molar-refractivity contribution in [3.05, 3.63) is 58.6 Å². The lowest BCUT2D eigenvalue weighted by Crippen LogP contribution is -2.10. The third-order valence-electron chi connectivity index (χ3n) is 3.94. The van der Waals surface area contributed by atoms with Gasteiger partial charge >= 0.3 is 0 Å². The van der Waals surface area contributed by atoms with E-state index in [-0.39, 0.29) is 21.6 Å². The fourth-order valence-electron chi connectivity index (χ4n) is 2.63. The molecule has 3 aromatic rings. The third kappa shape index (κ3) is 5.00. The molecule has 0 unspecified atom stereocenters. The van der Waals surface area contributed by atoms with Crippen LogP contribution in [0.2, 0.25) is 10.0 Å². The molecule has 0 fully saturated rings. The second-order valence-corrected chi connectivity index (χ2v) is 7.35. The molecule has 0 aliphatic rings. The van der Waals surface area contributed by atoms with Crippen LogP contribution in [0.4, 0.5) is 21.6 Å². The number of benzene rings is 2. The number of fused-ring (bicyclic) bond motifs is 1. The van der Waals surface area contributed by atoms with Crippen LogP contribution in [-0.2, 0) is 4.79 Å². The van der Waals surface area contributed by atoms with Crippen LogP contribution >= 0.6 is 39.1 Å². The van der Waals surface area contributed by atoms with Gasteiger partial charge in [0.25, 0.3) is 0 Å². The Hall–Kier alpha value is -2.42. The highest BCUT2D eigenvalue weighted by molar-refractivity contribution is 9.09. The normalized spacial score (nSPS) is 11.1. The van der Waals surface area contributed by atoms with Crippen LogP contribution in [0, 0.1) is 5.82 Å². The molecule has 1 heterocycles. The molecule has 10 heteroatoms. The van der Waals surface area contributed by atoms with Crippen molar-refractivity contribution in [3.8, 4) is 5.75 Å². The first-order valence-electron chi connectivity index (χ1n) is 8.80. The quantitative estimate of drug-likeness (QED) is 0.226. The van der Waals surface area contributed by atoms with Crippen molar-refractivity contribution in [2.45, 2.75) is 6.92 Å². The number of hydrogen-bond acceptors (Lipinski definition) is 5. The van der Waals surface area contributed by atoms with Crippen LogP contribution in [0.25, 0.3) is 10.9 Å². The van der Waals surface area contributed by atoms with Crippen molar-refractivity contribution >= 4 is 73.1 Å². The Balaban J connectivity index is 2.06. The van der Waals surface area contributed by atoms with E-state index < -0.39 is 5.82 Å². The number of ether oxygens (including phenoxy) is 1. The van der Waals surface area contributed by atoms with Gasteiger partial charge in [-0.2, -0.15) is 0 Å². The van der Waals surface area contributed by atoms with E-state index in [1.807, 2.05) is 6.92 Å². The summed E-state index contributed by atoms with van der Waals surface area (Å²) in [4.78, 5) is 20.6. The Morgan fingerprint density at radius 1 is 1.27 bits per heavy atom. The minimum Gasteiger partial charge on any atom is -0.492 e. The third-order valence-corrected chi connectivity index (χ3v) is 5.10. The molecule has 0 aliphatic heterocycles. The number of nitrogens with zero attached hydrogens (tertiary/aromatic N) is 2. The fraction of sp³-hybridized carbons (Fsp3) is 0.150. The van der Waals surface area contributed by atoms with Gasteiger partial charge in [0.1, 0.15) is 17.9 Å². The van der Waals surface area contributed by atoms with Gasteiger partial charge in [-0.1, -0.05) is 45.2 Å². The number of allylic oxidation sites excluding steroid dienone is 1. The van der Waals surface area contributed by atoms with E-state index in [0.29, 0.717) is 40.1 Å². The van der Waals surface area contributed by atoms with Gasteiger partial charge in [0.2, 0.25) is 5.91 Å². The summed E-state index contributed by atoms with van der Waals surface area (Å²) in [6.45, 7) is 2.23. The number of alkyl halides is 1. The first-order valence-corrected chi connectivity index (χ1v) is 10.7. The van der Waals surface area contributed by atoms with E-state index in [1.54, 1.807) is 18.2 Å². The average molecular weight is 514 g/mol. The van der Waals surface area contributed by atoms with E-state index in [0.717, 1.165) is 0 Å². The lowest BCUT2D eigenvalue weighted by Gasteiger charge is -2.14. The zero-order valence-corrected chi connectivity index (χ0v) is 18.8. The molecule has 1 aromatic heterocycles. The van der Waals surface area contributed by atoms with E-state index in [9.17, 15) is 9.18 Å². The van der Waals surface area contributed by atoms with Crippen LogP contribution in [0.1, 0.15) is 6.92 Å². The van der Waals surface area contributed by atoms with Crippen molar-refractivity contribution in [2.75, 3.05) is 22.6 Å². The Labute approximate surface area is 190 Å². The predicted molar refractivity (Wildman–Crippen MR) is 122 cm³/mol. The van der Waals surface area contributed by atoms with Gasteiger partial charge in [0, 0.05) is 22.9 Å². The van der Waals surface area contributed by atoms with Gasteiger partial charge in [-0.25, -0.2) is 14.4 Å². The maximum Gasteiger partial charge on any atom is 0.248 e. The number of amides is 1. The van der Waals surface area contributed by atoms with Crippen LogP contribution in [-0.4, -0.2) is 27.8 Å². The Kier molecular flexibility index (Phi) is 7.47. The van der Waals surface area contributed by atoms with E-state index >= 15 is 0 Å². The zero-order chi connectivity index (χ0) is 21.7. The minimum atomic E-state index is -0.699. The summed E-state index contributed by atoms with van der Waals surface area (Å²) in [6.07, 6.45) is 4.41. The van der Waals surface area contributed by atoms with Gasteiger partial charge in [-0.15, -0.1) is 0 Å². The van der Waals surface area contributed by atoms with Crippen LogP contribution in [0.3, 0.4) is 0 Å². The van der Waals surface area contributed by atoms with Gasteiger partial charge < -0.3 is 15.4 Å². The molecule has 0 spiro atoms. The lowest BCUT2D eigenvalue weighted by atomic mass is 10.1. The van der Waals surface area contributed by atoms with Gasteiger partial charge in [-0.3, -0.25) is 4.79 Å². The molecule has 156 valence electrons. The molecule has 0 atom stereocenters. The van der Waals surface area contributed by atoms with E-state index in [2.05, 4.69) is 36.5 Å². The molecule has 6 nitrogen and oxygen atoms in total. The summed E-state index contributed by atoms with van der Waals surface area (Å²) >= 11 is 15.0. The maximum atomic E-state index is 14.5. The Bertz CT molecular complexity index is 1130. The first kappa shape index (κ1) is 22.3. The summed E-state index contributed by atoms with van der Waals surface area (Å²) in [6, 6.07) is 6.28. The molecule has 2 aromatic carbocycles. The monoisotopic (exact) mass is 512 g/mol. The average Bonchev–Trinajstić information content (AvgIpc) is 2.73. The van der Waals surface area contributed by atoms with Gasteiger partial charge in [-0.05, 0) is 25.1 Å². The number of carbonyl (C=O) groups excluding carboxylic acids is 1. The van der Waals surface area contributed by atoms with Crippen LogP contribution in [0.5, 0.6) is 5.75 Å². The molecule has 0 bridgehead atoms. The second kappa shape index (κ2) is 10.1. The molecule has 30 heavy (non-hydrogen) atoms. The van der Waals surface area contributed by atoms with Crippen LogP contribution < -0.4 is 15.4 Å². The van der Waals surface area contributed by atoms with Crippen molar-refractivity contribution in [2.24, 2.45) is 0 Å². The van der Waals surface area contributed by atoms with Gasteiger partial charge in [0.15, 0.2) is 5.82 Å². The summed E-state index contributed by atoms with van der Waals surface area (Å²) < 4.78 is 20.1. The summed E-state index contributed by atoms with van der Waals surface area (Å²) in [5.41, 5.74) is 1.08. The summed E-state index contributed by atoms with van der Waals surface area (Å²) in [5, 5.41) is 6.69. The molecule has 1 amide bonds. The number of nitrogens with one attached hydrogen (secondary N) is 2. The minimum absolute atomic E-state index is 0.101. The SMILES string of the molecule is CCOc1cc2ncnc(Nc3ccc(Cl)c(Cl)c3F)c2cc1NC(=O)C=CCBr. The van der Waals surface area contributed by atoms with Crippen molar-refractivity contribution in [3.63, 3.8) is 0 Å². The highest BCUT2D eigenvalue weighted by Crippen LogP contribution is 2.35. The largest absolute Gasteiger partial charge is 0.492 e. The van der Waals surface area contributed by atoms with Crippen LogP contribution in [0.15, 0.2) is 42.7 Å². The Morgan fingerprint density at radius 3 is 2.80 bits per heavy atom. The van der Waals surface area contributed by atoms with E-state index in [4.69, 9.17) is 27.9 Å². The fourth-order valence-corrected chi connectivity index (χ4v) is 3.13. The first-order chi connectivity index (χ1) is 14.4. The molecule has 3 rings (SSSR count). The highest BCUT2D eigenvalue weighted by Gasteiger charge is 2.15. The molecular formula is C20H16BrCl2FN4O2. The second-order valence-electron chi connectivity index (χ2n) is 5.91. The van der Waals surface area contributed by atoms with Crippen molar-refractivity contribution < 1.29 is 13.9 Å². The lowest BCUT2D eigenvalue weighted by molar-refractivity contribution is -0.111. The molecule has 0 aliphatic carbocycles. The Morgan fingerprint density at radius 2 is 2.07 bits per heavy atom. The number of aromatic nitrogens is 2. The maximum absolute atomic E-state index is 14.5. The predicted octanol–water partition coefficient (Wildman–Crippen LogP) is 6.11. The standard InChI is InChI=1S/C20H16BrCl2FN4O2/c1-2-30-16-9-14-11(8-15(16)27-17(29)4-3-7-21)20(26-10-25-14)28-13-6-5-12(22)18(23)19(13)24/h3-6,8-10H,2,7H2,1H3,(H,27,29)(H,25,26,28). The summed E-state index contributed by atoms with van der Waals surface area (Å²) in [5.74, 6) is -0.241. The number of rotatable bonds is 7. The smallest absolute Gasteiger partial charge is 0.248 e. The zero-order valence-electron chi connectivity index (χ0n) is 15.7. The molecular weight excluding hydrogens is 498 g/mol. The van der Waals surface area contributed by atoms with E-state index in [1.165, 1.54) is 24.5 Å². The molecule has 0 saturated heterocycles. The molecule has 0 saturated carbocycles. The topological polar surface area (TPSA) is 76.1 Å². The van der Waals surface area contributed by atoms with Crippen molar-refractivity contribution in [1.82, 2.24) is 9.97 Å². The number of carbonyl (C=O) groups is 1. The summed E-state index contributed by atoms with van der Waals surface area (Å²) in [7, 11) is 0. The molecule has 0 radical (unpaired) electrons. The number of hydrogen-bond donors (Lipinski definition) is 2. The highest BCUT2D eigenvalue weighted by atomic mass is 79.9. The van der Waals surface area contributed by atoms with Crippen molar-refractivity contribution in [1.29, 1.82) is 0 Å². The van der Waals surface area contributed by atoms with Gasteiger partial charge in [0.05, 0.1) is 33.5 Å². The molecule has 2 N–H and O–H groups in total. The number of halogens is 4.